The van der Waals surface area contributed by atoms with Gasteiger partial charge in [0.1, 0.15) is 12.4 Å². The second-order valence-corrected chi connectivity index (χ2v) is 6.61. The lowest BCUT2D eigenvalue weighted by atomic mass is 9.88. The minimum atomic E-state index is -1.03. The molecule has 0 spiro atoms. The smallest absolute Gasteiger partial charge is 0.327 e. The highest BCUT2D eigenvalue weighted by Crippen LogP contribution is 2.27. The number of carbonyl (C=O) groups excluding carboxylic acids is 1. The van der Waals surface area contributed by atoms with Crippen LogP contribution in [0.4, 0.5) is 0 Å². The van der Waals surface area contributed by atoms with Crippen molar-refractivity contribution in [2.24, 2.45) is 0 Å². The van der Waals surface area contributed by atoms with Crippen LogP contribution in [0, 0.1) is 0 Å². The molecule has 1 N–H and O–H groups in total. The Bertz CT molecular complexity index is 978. The van der Waals surface area contributed by atoms with Crippen molar-refractivity contribution in [3.8, 4) is 5.75 Å². The molecular weight excluding hydrogens is 364 g/mol. The van der Waals surface area contributed by atoms with Gasteiger partial charge in [0.15, 0.2) is 5.78 Å². The molecule has 146 valence electrons. The fourth-order valence-electron chi connectivity index (χ4n) is 3.07. The summed E-state index contributed by atoms with van der Waals surface area (Å²) in [5, 5.41) is 8.85. The summed E-state index contributed by atoms with van der Waals surface area (Å²) in [4.78, 5) is 24.0. The highest BCUT2D eigenvalue weighted by atomic mass is 16.5. The molecule has 4 nitrogen and oxygen atoms in total. The summed E-state index contributed by atoms with van der Waals surface area (Å²) in [6, 6.07) is 26.3. The predicted octanol–water partition coefficient (Wildman–Crippen LogP) is 5.26. The number of carbonyl (C=O) groups is 2. The lowest BCUT2D eigenvalue weighted by Gasteiger charge is -2.15. The number of rotatable bonds is 9. The summed E-state index contributed by atoms with van der Waals surface area (Å²) in [7, 11) is 0. The Labute approximate surface area is 170 Å². The molecule has 0 aliphatic rings. The van der Waals surface area contributed by atoms with E-state index in [0.29, 0.717) is 24.3 Å². The van der Waals surface area contributed by atoms with E-state index in [0.717, 1.165) is 17.2 Å². The van der Waals surface area contributed by atoms with Gasteiger partial charge in [-0.25, -0.2) is 4.79 Å². The number of benzene rings is 3. The third-order valence-electron chi connectivity index (χ3n) is 4.52. The number of ether oxygens (including phenoxy) is 1. The van der Waals surface area contributed by atoms with E-state index in [2.05, 4.69) is 0 Å². The van der Waals surface area contributed by atoms with Gasteiger partial charge in [-0.05, 0) is 29.7 Å². The van der Waals surface area contributed by atoms with E-state index < -0.39 is 11.9 Å². The van der Waals surface area contributed by atoms with E-state index in [4.69, 9.17) is 9.84 Å². The van der Waals surface area contributed by atoms with Crippen molar-refractivity contribution in [2.45, 2.75) is 18.9 Å². The summed E-state index contributed by atoms with van der Waals surface area (Å²) in [5.74, 6) is -0.944. The molecule has 0 saturated heterocycles. The minimum Gasteiger partial charge on any atom is -0.489 e. The summed E-state index contributed by atoms with van der Waals surface area (Å²) in [5.41, 5.74) is 2.43. The quantitative estimate of drug-likeness (QED) is 0.402. The molecule has 0 aliphatic heterocycles. The molecular formula is C25H22O4. The normalized spacial score (nSPS) is 11.9. The Hall–Kier alpha value is -3.66. The zero-order valence-electron chi connectivity index (χ0n) is 15.9. The van der Waals surface area contributed by atoms with Gasteiger partial charge < -0.3 is 9.84 Å². The van der Waals surface area contributed by atoms with Gasteiger partial charge in [0.05, 0.1) is 5.92 Å². The number of hydrogen-bond donors (Lipinski definition) is 1. The standard InChI is InChI=1S/C25H22O4/c26-24(27)16-8-15-23(20-11-5-2-6-12-20)25(28)21-13-7-14-22(17-21)29-18-19-9-3-1-4-10-19/h1-14,16-17,23H,15,18H2,(H,26,27). The van der Waals surface area contributed by atoms with E-state index in [1.807, 2.05) is 66.7 Å². The first-order valence-electron chi connectivity index (χ1n) is 9.39. The van der Waals surface area contributed by atoms with Crippen LogP contribution in [0.3, 0.4) is 0 Å². The predicted molar refractivity (Wildman–Crippen MR) is 112 cm³/mol. The van der Waals surface area contributed by atoms with Gasteiger partial charge in [0.2, 0.25) is 0 Å². The van der Waals surface area contributed by atoms with Gasteiger partial charge in [0, 0.05) is 11.6 Å². The number of hydrogen-bond acceptors (Lipinski definition) is 3. The molecule has 0 aliphatic carbocycles. The van der Waals surface area contributed by atoms with Crippen LogP contribution in [0.15, 0.2) is 97.1 Å². The molecule has 29 heavy (non-hydrogen) atoms. The molecule has 0 fully saturated rings. The Balaban J connectivity index is 1.78. The van der Waals surface area contributed by atoms with Crippen LogP contribution < -0.4 is 4.74 Å². The number of allylic oxidation sites excluding steroid dienone is 1. The van der Waals surface area contributed by atoms with E-state index in [1.54, 1.807) is 18.2 Å². The maximum Gasteiger partial charge on any atom is 0.327 e. The average molecular weight is 386 g/mol. The Morgan fingerprint density at radius 1 is 0.897 bits per heavy atom. The third kappa shape index (κ3) is 5.91. The van der Waals surface area contributed by atoms with Crippen molar-refractivity contribution >= 4 is 11.8 Å². The van der Waals surface area contributed by atoms with Crippen LogP contribution >= 0.6 is 0 Å². The van der Waals surface area contributed by atoms with E-state index >= 15 is 0 Å². The van der Waals surface area contributed by atoms with Crippen LogP contribution in [-0.2, 0) is 11.4 Å². The average Bonchev–Trinajstić information content (AvgIpc) is 2.76. The molecule has 1 unspecified atom stereocenters. The second kappa shape index (κ2) is 10.0. The first kappa shape index (κ1) is 20.1. The molecule has 0 aromatic heterocycles. The van der Waals surface area contributed by atoms with Crippen molar-refractivity contribution in [3.05, 3.63) is 114 Å². The zero-order valence-corrected chi connectivity index (χ0v) is 15.9. The monoisotopic (exact) mass is 386 g/mol. The molecule has 3 aromatic carbocycles. The molecule has 0 heterocycles. The largest absolute Gasteiger partial charge is 0.489 e. The number of aliphatic carboxylic acids is 1. The number of ketones is 1. The first-order valence-corrected chi connectivity index (χ1v) is 9.39. The minimum absolute atomic E-state index is 0.0728. The molecule has 4 heteroatoms. The van der Waals surface area contributed by atoms with Gasteiger partial charge in [-0.2, -0.15) is 0 Å². The molecule has 0 saturated carbocycles. The lowest BCUT2D eigenvalue weighted by Crippen LogP contribution is -2.13. The van der Waals surface area contributed by atoms with Crippen LogP contribution in [-0.4, -0.2) is 16.9 Å². The lowest BCUT2D eigenvalue weighted by molar-refractivity contribution is -0.131. The summed E-state index contributed by atoms with van der Waals surface area (Å²) in [6.07, 6.45) is 2.90. The Morgan fingerprint density at radius 2 is 1.59 bits per heavy atom. The second-order valence-electron chi connectivity index (χ2n) is 6.61. The summed E-state index contributed by atoms with van der Waals surface area (Å²) < 4.78 is 5.84. The highest BCUT2D eigenvalue weighted by Gasteiger charge is 2.21. The number of carboxylic acid groups (broad SMARTS) is 1. The van der Waals surface area contributed by atoms with Gasteiger partial charge in [0.25, 0.3) is 0 Å². The first-order chi connectivity index (χ1) is 14.1. The third-order valence-corrected chi connectivity index (χ3v) is 4.52. The zero-order chi connectivity index (χ0) is 20.5. The van der Waals surface area contributed by atoms with Crippen molar-refractivity contribution in [3.63, 3.8) is 0 Å². The highest BCUT2D eigenvalue weighted by molar-refractivity contribution is 6.01. The van der Waals surface area contributed by atoms with Crippen molar-refractivity contribution < 1.29 is 19.4 Å². The SMILES string of the molecule is O=C(O)C=CCC(C(=O)c1cccc(OCc2ccccc2)c1)c1ccccc1. The van der Waals surface area contributed by atoms with Gasteiger partial charge in [-0.3, -0.25) is 4.79 Å². The molecule has 3 rings (SSSR count). The Kier molecular flexibility index (Phi) is 6.95. The fraction of sp³-hybridized carbons (Fsp3) is 0.120. The van der Waals surface area contributed by atoms with E-state index in [1.165, 1.54) is 6.08 Å². The summed E-state index contributed by atoms with van der Waals surface area (Å²) >= 11 is 0. The maximum absolute atomic E-state index is 13.2. The summed E-state index contributed by atoms with van der Waals surface area (Å²) in [6.45, 7) is 0.419. The van der Waals surface area contributed by atoms with Crippen molar-refractivity contribution in [2.75, 3.05) is 0 Å². The molecule has 0 amide bonds. The van der Waals surface area contributed by atoms with Crippen LogP contribution in [0.1, 0.15) is 33.8 Å². The van der Waals surface area contributed by atoms with Crippen molar-refractivity contribution in [1.29, 1.82) is 0 Å². The molecule has 3 aromatic rings. The number of Topliss-reactive ketones (excluding diaryl/α,β-unsaturated/α-hetero) is 1. The molecule has 0 radical (unpaired) electrons. The topological polar surface area (TPSA) is 63.6 Å². The van der Waals surface area contributed by atoms with E-state index in [9.17, 15) is 9.59 Å². The Morgan fingerprint density at radius 3 is 2.28 bits per heavy atom. The van der Waals surface area contributed by atoms with E-state index in [-0.39, 0.29) is 5.78 Å². The maximum atomic E-state index is 13.2. The fourth-order valence-corrected chi connectivity index (χ4v) is 3.07. The van der Waals surface area contributed by atoms with Crippen LogP contribution in [0.2, 0.25) is 0 Å². The number of carboxylic acids is 1. The van der Waals surface area contributed by atoms with Gasteiger partial charge in [-0.1, -0.05) is 78.9 Å². The molecule has 0 bridgehead atoms. The van der Waals surface area contributed by atoms with Crippen LogP contribution in [0.25, 0.3) is 0 Å². The van der Waals surface area contributed by atoms with Crippen molar-refractivity contribution in [1.82, 2.24) is 0 Å². The van der Waals surface area contributed by atoms with Gasteiger partial charge in [-0.15, -0.1) is 0 Å². The van der Waals surface area contributed by atoms with Gasteiger partial charge >= 0.3 is 5.97 Å². The van der Waals surface area contributed by atoms with Crippen LogP contribution in [0.5, 0.6) is 5.75 Å². The molecule has 1 atom stereocenters.